The summed E-state index contributed by atoms with van der Waals surface area (Å²) in [6, 6.07) is 7.83. The van der Waals surface area contributed by atoms with Crippen LogP contribution in [0.4, 0.5) is 16.3 Å². The Morgan fingerprint density at radius 2 is 1.63 bits per heavy atom. The molecule has 1 unspecified atom stereocenters. The normalized spacial score (nSPS) is 23.1. The maximum absolute atomic E-state index is 14.3. The van der Waals surface area contributed by atoms with Gasteiger partial charge in [-0.2, -0.15) is 5.26 Å². The fraction of sp³-hybridized carbons (Fsp3) is 0.500. The van der Waals surface area contributed by atoms with E-state index < -0.39 is 60.6 Å². The van der Waals surface area contributed by atoms with Crippen LogP contribution < -0.4 is 14.5 Å². The standard InChI is InChI=1S/C38H45N7O12/c1-20-9-10-28(56-37-33(55-24(5)48)31(54-23(4)47)30(53-22(3)46)32(57-37)36(50)52-8)26(17-20)43(7)38(51)45-16-13-25-34(40-19-41-35(25)45)42(6)27-18-44(15-12-21(27)2)29(49)11-14-39/h9-10,13,16-17,19,21,27,30-33,37H,11-12,15,18H2,1-8H3/t21-,27?,30+,31+,32+,33-,37-/m1/s1. The molecular formula is C38H45N7O12. The maximum atomic E-state index is 14.3. The van der Waals surface area contributed by atoms with Crippen molar-refractivity contribution in [3.63, 3.8) is 0 Å². The average Bonchev–Trinajstić information content (AvgIpc) is 3.60. The van der Waals surface area contributed by atoms with Gasteiger partial charge in [0, 0.05) is 54.2 Å². The highest BCUT2D eigenvalue weighted by Crippen LogP contribution is 2.36. The lowest BCUT2D eigenvalue weighted by atomic mass is 9.92. The molecule has 2 aromatic heterocycles. The molecule has 2 aliphatic rings. The number of amides is 2. The van der Waals surface area contributed by atoms with E-state index in [2.05, 4.69) is 16.9 Å². The number of esters is 4. The highest BCUT2D eigenvalue weighted by Gasteiger charge is 2.56. The zero-order valence-electron chi connectivity index (χ0n) is 32.9. The number of aromatic nitrogens is 3. The number of nitrogens with zero attached hydrogens (tertiary/aromatic N) is 7. The second-order valence-electron chi connectivity index (χ2n) is 13.8. The van der Waals surface area contributed by atoms with Gasteiger partial charge in [-0.25, -0.2) is 19.6 Å². The van der Waals surface area contributed by atoms with Gasteiger partial charge in [0.1, 0.15) is 24.3 Å². The molecule has 0 saturated carbocycles. The summed E-state index contributed by atoms with van der Waals surface area (Å²) in [5.41, 5.74) is 1.25. The second-order valence-corrected chi connectivity index (χ2v) is 13.8. The molecule has 0 aliphatic carbocycles. The Hall–Kier alpha value is -6.29. The first kappa shape index (κ1) is 41.9. The number of benzene rings is 1. The van der Waals surface area contributed by atoms with Gasteiger partial charge in [-0.05, 0) is 43.0 Å². The summed E-state index contributed by atoms with van der Waals surface area (Å²) in [6.45, 7) is 8.08. The van der Waals surface area contributed by atoms with Gasteiger partial charge >= 0.3 is 29.9 Å². The zero-order valence-corrected chi connectivity index (χ0v) is 32.9. The van der Waals surface area contributed by atoms with Crippen LogP contribution in [0.15, 0.2) is 36.8 Å². The Balaban J connectivity index is 1.48. The number of carbonyl (C=O) groups is 6. The van der Waals surface area contributed by atoms with Gasteiger partial charge in [0.2, 0.25) is 18.3 Å². The number of anilines is 2. The zero-order chi connectivity index (χ0) is 41.7. The van der Waals surface area contributed by atoms with Crippen LogP contribution in [-0.4, -0.2) is 126 Å². The van der Waals surface area contributed by atoms with Gasteiger partial charge < -0.3 is 38.2 Å². The van der Waals surface area contributed by atoms with Crippen LogP contribution in [0.5, 0.6) is 5.75 Å². The third-order valence-electron chi connectivity index (χ3n) is 9.84. The van der Waals surface area contributed by atoms with Crippen LogP contribution >= 0.6 is 0 Å². The van der Waals surface area contributed by atoms with Crippen LogP contribution in [0, 0.1) is 24.2 Å². The van der Waals surface area contributed by atoms with Crippen molar-refractivity contribution < 1.29 is 57.2 Å². The van der Waals surface area contributed by atoms with E-state index in [0.29, 0.717) is 29.9 Å². The molecule has 3 aromatic rings. The van der Waals surface area contributed by atoms with E-state index >= 15 is 0 Å². The number of hydrogen-bond acceptors (Lipinski definition) is 16. The fourth-order valence-electron chi connectivity index (χ4n) is 7.04. The summed E-state index contributed by atoms with van der Waals surface area (Å²) in [4.78, 5) is 90.5. The first-order valence-electron chi connectivity index (χ1n) is 18.1. The molecule has 2 amide bonds. The minimum absolute atomic E-state index is 0.0306. The van der Waals surface area contributed by atoms with Crippen molar-refractivity contribution in [3.05, 3.63) is 42.4 Å². The number of hydrogen-bond donors (Lipinski definition) is 0. The summed E-state index contributed by atoms with van der Waals surface area (Å²) in [7, 11) is 4.44. The van der Waals surface area contributed by atoms with Gasteiger partial charge in [0.15, 0.2) is 24.0 Å². The molecule has 2 saturated heterocycles. The maximum Gasteiger partial charge on any atom is 0.339 e. The van der Waals surface area contributed by atoms with Crippen LogP contribution in [0.25, 0.3) is 11.0 Å². The number of fused-ring (bicyclic) bond motifs is 1. The molecule has 2 aliphatic heterocycles. The molecule has 0 spiro atoms. The van der Waals surface area contributed by atoms with Crippen molar-refractivity contribution in [1.29, 1.82) is 5.26 Å². The third kappa shape index (κ3) is 9.07. The SMILES string of the molecule is COC(=O)[C@H]1O[C@@H](Oc2ccc(C)cc2N(C)C(=O)n2ccc3c(N(C)C4CN(C(=O)CC#N)CC[C@H]4C)ncnc32)[C@H](OC(C)=O)[C@@H](OC(C)=O)[C@@H]1OC(C)=O. The molecule has 0 N–H and O–H groups in total. The predicted molar refractivity (Wildman–Crippen MR) is 199 cm³/mol. The number of likely N-dealkylation sites (tertiary alicyclic amines) is 1. The number of rotatable bonds is 10. The van der Waals surface area contributed by atoms with Gasteiger partial charge in [-0.1, -0.05) is 13.0 Å². The number of ether oxygens (including phenoxy) is 6. The quantitative estimate of drug-likeness (QED) is 0.213. The number of piperidine rings is 1. The Kier molecular flexibility index (Phi) is 13.0. The van der Waals surface area contributed by atoms with Crippen molar-refractivity contribution in [2.24, 2.45) is 5.92 Å². The summed E-state index contributed by atoms with van der Waals surface area (Å²) in [5.74, 6) is -3.00. The number of nitriles is 1. The Bertz CT molecular complexity index is 2080. The fourth-order valence-corrected chi connectivity index (χ4v) is 7.04. The average molecular weight is 792 g/mol. The summed E-state index contributed by atoms with van der Waals surface area (Å²) >= 11 is 0. The molecule has 19 heteroatoms. The topological polar surface area (TPSA) is 222 Å². The van der Waals surface area contributed by atoms with E-state index in [1.807, 2.05) is 18.0 Å². The lowest BCUT2D eigenvalue weighted by Crippen LogP contribution is -2.64. The van der Waals surface area contributed by atoms with Crippen LogP contribution in [0.1, 0.15) is 46.1 Å². The molecule has 0 radical (unpaired) electrons. The summed E-state index contributed by atoms with van der Waals surface area (Å²) in [5, 5.41) is 9.64. The van der Waals surface area contributed by atoms with Gasteiger partial charge in [0.05, 0.1) is 30.3 Å². The number of carbonyl (C=O) groups excluding carboxylic acids is 6. The number of methoxy groups -OCH3 is 1. The summed E-state index contributed by atoms with van der Waals surface area (Å²) < 4.78 is 34.7. The molecule has 2 fully saturated rings. The number of aryl methyl sites for hydroxylation is 1. The Morgan fingerprint density at radius 1 is 0.965 bits per heavy atom. The molecule has 57 heavy (non-hydrogen) atoms. The van der Waals surface area contributed by atoms with Crippen molar-refractivity contribution in [2.75, 3.05) is 44.1 Å². The third-order valence-corrected chi connectivity index (χ3v) is 9.84. The van der Waals surface area contributed by atoms with Crippen molar-refractivity contribution in [1.82, 2.24) is 19.4 Å². The minimum atomic E-state index is -1.69. The highest BCUT2D eigenvalue weighted by atomic mass is 16.7. The van der Waals surface area contributed by atoms with E-state index in [1.54, 1.807) is 36.2 Å². The smallest absolute Gasteiger partial charge is 0.339 e. The molecule has 1 aromatic carbocycles. The van der Waals surface area contributed by atoms with Gasteiger partial charge in [-0.3, -0.25) is 28.6 Å². The van der Waals surface area contributed by atoms with E-state index in [4.69, 9.17) is 33.7 Å². The van der Waals surface area contributed by atoms with E-state index in [1.165, 1.54) is 28.9 Å². The second kappa shape index (κ2) is 17.7. The monoisotopic (exact) mass is 791 g/mol. The van der Waals surface area contributed by atoms with E-state index in [-0.39, 0.29) is 35.7 Å². The highest BCUT2D eigenvalue weighted by molar-refractivity contribution is 6.01. The lowest BCUT2D eigenvalue weighted by molar-refractivity contribution is -0.282. The molecule has 5 rings (SSSR count). The van der Waals surface area contributed by atoms with E-state index in [0.717, 1.165) is 39.9 Å². The van der Waals surface area contributed by atoms with Crippen molar-refractivity contribution >= 4 is 58.4 Å². The van der Waals surface area contributed by atoms with Crippen LogP contribution in [-0.2, 0) is 47.7 Å². The molecule has 7 atom stereocenters. The largest absolute Gasteiger partial charge is 0.467 e. The van der Waals surface area contributed by atoms with E-state index in [9.17, 15) is 28.8 Å². The Morgan fingerprint density at radius 3 is 2.28 bits per heavy atom. The summed E-state index contributed by atoms with van der Waals surface area (Å²) in [6.07, 6.45) is -4.66. The van der Waals surface area contributed by atoms with Gasteiger partial charge in [0.25, 0.3) is 0 Å². The number of likely N-dealkylation sites (N-methyl/N-ethyl adjacent to an activating group) is 1. The van der Waals surface area contributed by atoms with Crippen LogP contribution in [0.2, 0.25) is 0 Å². The lowest BCUT2D eigenvalue weighted by Gasteiger charge is -2.43. The first-order valence-corrected chi connectivity index (χ1v) is 18.1. The van der Waals surface area contributed by atoms with Crippen molar-refractivity contribution in [3.8, 4) is 11.8 Å². The molecule has 4 heterocycles. The molecule has 19 nitrogen and oxygen atoms in total. The Labute approximate surface area is 328 Å². The molecule has 304 valence electrons. The van der Waals surface area contributed by atoms with Crippen LogP contribution in [0.3, 0.4) is 0 Å². The minimum Gasteiger partial charge on any atom is -0.467 e. The first-order chi connectivity index (χ1) is 27.1. The predicted octanol–water partition coefficient (Wildman–Crippen LogP) is 2.50. The van der Waals surface area contributed by atoms with Crippen molar-refractivity contribution in [2.45, 2.75) is 84.2 Å². The molecular weight excluding hydrogens is 746 g/mol. The molecule has 0 bridgehead atoms. The van der Waals surface area contributed by atoms with Gasteiger partial charge in [-0.15, -0.1) is 0 Å².